The fourth-order valence-corrected chi connectivity index (χ4v) is 2.22. The van der Waals surface area contributed by atoms with Gasteiger partial charge in [-0.1, -0.05) is 15.9 Å². The second-order valence-electron chi connectivity index (χ2n) is 4.07. The number of halogens is 1. The Morgan fingerprint density at radius 2 is 2.11 bits per heavy atom. The molecule has 4 nitrogen and oxygen atoms in total. The van der Waals surface area contributed by atoms with E-state index in [1.54, 1.807) is 12.3 Å². The van der Waals surface area contributed by atoms with Crippen molar-refractivity contribution in [2.24, 2.45) is 0 Å². The molecule has 3 aromatic rings. The van der Waals surface area contributed by atoms with E-state index < -0.39 is 0 Å². The number of phenolic OH excluding ortho intramolecular Hbond substituents is 1. The number of aromatic nitrogens is 3. The Morgan fingerprint density at radius 3 is 2.83 bits per heavy atom. The molecule has 0 aliphatic rings. The minimum Gasteiger partial charge on any atom is -0.507 e. The van der Waals surface area contributed by atoms with Gasteiger partial charge in [-0.25, -0.2) is 9.97 Å². The predicted octanol–water partition coefficient (Wildman–Crippen LogP) is 3.40. The fourth-order valence-electron chi connectivity index (χ4n) is 1.87. The molecule has 0 atom stereocenters. The van der Waals surface area contributed by atoms with Gasteiger partial charge in [-0.3, -0.25) is 0 Å². The molecule has 0 aliphatic heterocycles. The maximum Gasteiger partial charge on any atom is 0.178 e. The van der Waals surface area contributed by atoms with Crippen molar-refractivity contribution in [3.05, 3.63) is 40.5 Å². The van der Waals surface area contributed by atoms with Crippen LogP contribution in [-0.2, 0) is 0 Å². The third-order valence-corrected chi connectivity index (χ3v) is 3.31. The summed E-state index contributed by atoms with van der Waals surface area (Å²) in [6.07, 6.45) is 1.73. The van der Waals surface area contributed by atoms with Gasteiger partial charge in [0.25, 0.3) is 0 Å². The van der Waals surface area contributed by atoms with Crippen molar-refractivity contribution in [2.45, 2.75) is 6.92 Å². The Bertz CT molecular complexity index is 736. The van der Waals surface area contributed by atoms with E-state index in [0.717, 1.165) is 15.6 Å². The number of pyridine rings is 1. The van der Waals surface area contributed by atoms with Crippen molar-refractivity contribution in [1.29, 1.82) is 0 Å². The van der Waals surface area contributed by atoms with Crippen LogP contribution in [0.25, 0.3) is 22.6 Å². The van der Waals surface area contributed by atoms with Gasteiger partial charge in [0.1, 0.15) is 11.6 Å². The highest BCUT2D eigenvalue weighted by Crippen LogP contribution is 2.31. The monoisotopic (exact) mass is 303 g/mol. The van der Waals surface area contributed by atoms with Gasteiger partial charge >= 0.3 is 0 Å². The lowest BCUT2D eigenvalue weighted by Gasteiger charge is -2.01. The lowest BCUT2D eigenvalue weighted by atomic mass is 10.2. The van der Waals surface area contributed by atoms with Crippen LogP contribution in [-0.4, -0.2) is 20.1 Å². The van der Waals surface area contributed by atoms with E-state index in [4.69, 9.17) is 0 Å². The minimum absolute atomic E-state index is 0.182. The molecule has 0 spiro atoms. The lowest BCUT2D eigenvalue weighted by Crippen LogP contribution is -1.81. The predicted molar refractivity (Wildman–Crippen MR) is 73.4 cm³/mol. The van der Waals surface area contributed by atoms with Crippen LogP contribution in [0.15, 0.2) is 34.9 Å². The van der Waals surface area contributed by atoms with Crippen LogP contribution in [0.3, 0.4) is 0 Å². The molecule has 0 radical (unpaired) electrons. The fraction of sp³-hybridized carbons (Fsp3) is 0.0769. The molecule has 0 saturated carbocycles. The topological polar surface area (TPSA) is 61.8 Å². The number of aromatic hydroxyl groups is 1. The van der Waals surface area contributed by atoms with Crippen molar-refractivity contribution in [3.8, 4) is 17.1 Å². The van der Waals surface area contributed by atoms with E-state index in [-0.39, 0.29) is 5.75 Å². The second kappa shape index (κ2) is 4.10. The van der Waals surface area contributed by atoms with Crippen molar-refractivity contribution in [2.75, 3.05) is 0 Å². The first-order valence-corrected chi connectivity index (χ1v) is 6.24. The van der Waals surface area contributed by atoms with E-state index in [1.165, 1.54) is 0 Å². The average molecular weight is 304 g/mol. The summed E-state index contributed by atoms with van der Waals surface area (Å²) < 4.78 is 0.828. The number of nitrogens with zero attached hydrogens (tertiary/aromatic N) is 2. The molecule has 0 aliphatic carbocycles. The highest BCUT2D eigenvalue weighted by molar-refractivity contribution is 9.10. The molecule has 3 rings (SSSR count). The number of H-pyrrole nitrogens is 1. The van der Waals surface area contributed by atoms with Gasteiger partial charge in [-0.15, -0.1) is 0 Å². The second-order valence-corrected chi connectivity index (χ2v) is 4.99. The van der Waals surface area contributed by atoms with Crippen LogP contribution in [0.2, 0.25) is 0 Å². The lowest BCUT2D eigenvalue weighted by molar-refractivity contribution is 0.476. The van der Waals surface area contributed by atoms with E-state index in [2.05, 4.69) is 30.9 Å². The summed E-state index contributed by atoms with van der Waals surface area (Å²) in [5.41, 5.74) is 3.30. The third kappa shape index (κ3) is 1.76. The Balaban J connectivity index is 2.23. The van der Waals surface area contributed by atoms with Gasteiger partial charge in [0.2, 0.25) is 0 Å². The molecular weight excluding hydrogens is 294 g/mol. The number of hydrogen-bond donors (Lipinski definition) is 2. The number of aromatic amines is 1. The third-order valence-electron chi connectivity index (χ3n) is 2.82. The van der Waals surface area contributed by atoms with Crippen molar-refractivity contribution in [3.63, 3.8) is 0 Å². The molecule has 2 heterocycles. The largest absolute Gasteiger partial charge is 0.507 e. The number of hydrogen-bond acceptors (Lipinski definition) is 3. The van der Waals surface area contributed by atoms with Gasteiger partial charge in [0.15, 0.2) is 5.65 Å². The summed E-state index contributed by atoms with van der Waals surface area (Å²) in [5, 5.41) is 9.93. The maximum atomic E-state index is 9.93. The molecule has 0 unspecified atom stereocenters. The molecule has 0 saturated heterocycles. The molecule has 18 heavy (non-hydrogen) atoms. The van der Waals surface area contributed by atoms with Crippen LogP contribution >= 0.6 is 15.9 Å². The summed E-state index contributed by atoms with van der Waals surface area (Å²) in [4.78, 5) is 11.8. The zero-order chi connectivity index (χ0) is 12.7. The van der Waals surface area contributed by atoms with Crippen LogP contribution < -0.4 is 0 Å². The molecular formula is C13H10BrN3O. The first-order valence-electron chi connectivity index (χ1n) is 5.45. The standard InChI is InChI=1S/C13H10BrN3O/c1-7-4-5-15-13-11(7)16-12(17-13)9-3-2-8(14)6-10(9)18/h2-6,18H,1H3,(H,15,16,17). The number of aryl methyl sites for hydroxylation is 1. The first kappa shape index (κ1) is 11.2. The van der Waals surface area contributed by atoms with Crippen LogP contribution in [0.1, 0.15) is 5.56 Å². The molecule has 0 amide bonds. The summed E-state index contributed by atoms with van der Waals surface area (Å²) in [6.45, 7) is 1.99. The van der Waals surface area contributed by atoms with E-state index >= 15 is 0 Å². The molecule has 2 N–H and O–H groups in total. The number of rotatable bonds is 1. The Labute approximate surface area is 112 Å². The molecule has 1 aromatic carbocycles. The summed E-state index contributed by atoms with van der Waals surface area (Å²) in [6, 6.07) is 7.24. The van der Waals surface area contributed by atoms with Crippen molar-refractivity contribution >= 4 is 27.1 Å². The number of nitrogens with one attached hydrogen (secondary N) is 1. The highest BCUT2D eigenvalue weighted by atomic mass is 79.9. The van der Waals surface area contributed by atoms with E-state index in [0.29, 0.717) is 17.0 Å². The maximum absolute atomic E-state index is 9.93. The van der Waals surface area contributed by atoms with Crippen LogP contribution in [0.5, 0.6) is 5.75 Å². The minimum atomic E-state index is 0.182. The number of fused-ring (bicyclic) bond motifs is 1. The van der Waals surface area contributed by atoms with Gasteiger partial charge in [0.05, 0.1) is 11.1 Å². The van der Waals surface area contributed by atoms with Gasteiger partial charge in [0, 0.05) is 10.7 Å². The van der Waals surface area contributed by atoms with E-state index in [1.807, 2.05) is 25.1 Å². The Hall–Kier alpha value is -1.88. The highest BCUT2D eigenvalue weighted by Gasteiger charge is 2.11. The van der Waals surface area contributed by atoms with Gasteiger partial charge < -0.3 is 10.1 Å². The normalized spacial score (nSPS) is 11.0. The van der Waals surface area contributed by atoms with Gasteiger partial charge in [-0.2, -0.15) is 0 Å². The smallest absolute Gasteiger partial charge is 0.178 e. The molecule has 2 aromatic heterocycles. The average Bonchev–Trinajstić information content (AvgIpc) is 2.74. The van der Waals surface area contributed by atoms with Crippen molar-refractivity contribution in [1.82, 2.24) is 15.0 Å². The van der Waals surface area contributed by atoms with Gasteiger partial charge in [-0.05, 0) is 36.8 Å². The molecule has 0 fully saturated rings. The SMILES string of the molecule is Cc1ccnc2nc(-c3ccc(Br)cc3O)[nH]c12. The number of imidazole rings is 1. The molecule has 5 heteroatoms. The summed E-state index contributed by atoms with van der Waals surface area (Å²) in [5.74, 6) is 0.804. The van der Waals surface area contributed by atoms with Crippen molar-refractivity contribution < 1.29 is 5.11 Å². The zero-order valence-electron chi connectivity index (χ0n) is 9.61. The quantitative estimate of drug-likeness (QED) is 0.724. The van der Waals surface area contributed by atoms with Crippen LogP contribution in [0, 0.1) is 6.92 Å². The molecule has 0 bridgehead atoms. The Morgan fingerprint density at radius 1 is 1.28 bits per heavy atom. The summed E-state index contributed by atoms with van der Waals surface area (Å²) in [7, 11) is 0. The zero-order valence-corrected chi connectivity index (χ0v) is 11.2. The number of benzene rings is 1. The molecule has 90 valence electrons. The summed E-state index contributed by atoms with van der Waals surface area (Å²) >= 11 is 3.31. The van der Waals surface area contributed by atoms with Crippen LogP contribution in [0.4, 0.5) is 0 Å². The number of phenols is 1. The first-order chi connectivity index (χ1) is 8.65. The van der Waals surface area contributed by atoms with E-state index in [9.17, 15) is 5.11 Å². The Kier molecular flexibility index (Phi) is 2.56.